The van der Waals surface area contributed by atoms with Gasteiger partial charge in [-0.15, -0.1) is 5.10 Å². The first-order valence-electron chi connectivity index (χ1n) is 12.0. The van der Waals surface area contributed by atoms with Crippen molar-refractivity contribution in [3.8, 4) is 17.5 Å². The highest BCUT2D eigenvalue weighted by Crippen LogP contribution is 2.31. The van der Waals surface area contributed by atoms with Crippen molar-refractivity contribution in [2.75, 3.05) is 31.1 Å². The van der Waals surface area contributed by atoms with E-state index in [2.05, 4.69) is 25.4 Å². The summed E-state index contributed by atoms with van der Waals surface area (Å²) in [5.74, 6) is -1.61. The number of hydrogen-bond donors (Lipinski definition) is 1. The molecule has 1 saturated heterocycles. The minimum absolute atomic E-state index is 0.0622. The molecule has 4 heterocycles. The third-order valence-electron chi connectivity index (χ3n) is 6.54. The fourth-order valence-corrected chi connectivity index (χ4v) is 4.54. The number of halogens is 2. The lowest BCUT2D eigenvalue weighted by atomic mass is 10.0. The number of hydrogen-bond acceptors (Lipinski definition) is 9. The highest BCUT2D eigenvalue weighted by atomic mass is 19.1. The Bertz CT molecular complexity index is 1510. The van der Waals surface area contributed by atoms with E-state index < -0.39 is 23.6 Å². The predicted octanol–water partition coefficient (Wildman–Crippen LogP) is 1.35. The molecule has 2 aliphatic rings. The maximum absolute atomic E-state index is 14.6. The molecule has 5 rings (SSSR count). The van der Waals surface area contributed by atoms with Crippen LogP contribution in [0.15, 0.2) is 29.5 Å². The average Bonchev–Trinajstić information content (AvgIpc) is 3.55. The van der Waals surface area contributed by atoms with E-state index in [4.69, 9.17) is 5.73 Å². The zero-order valence-electron chi connectivity index (χ0n) is 20.8. The Labute approximate surface area is 221 Å². The van der Waals surface area contributed by atoms with Gasteiger partial charge < -0.3 is 15.5 Å². The molecule has 0 aliphatic carbocycles. The van der Waals surface area contributed by atoms with E-state index in [-0.39, 0.29) is 35.5 Å². The minimum Gasteiger partial charge on any atom is -0.368 e. The van der Waals surface area contributed by atoms with Crippen molar-refractivity contribution in [3.63, 3.8) is 0 Å². The van der Waals surface area contributed by atoms with Gasteiger partial charge in [0, 0.05) is 38.8 Å². The molecule has 1 atom stereocenters. The maximum Gasteiger partial charge on any atom is 0.341 e. The average molecular weight is 536 g/mol. The molecule has 13 nitrogen and oxygen atoms in total. The van der Waals surface area contributed by atoms with Crippen molar-refractivity contribution in [3.05, 3.63) is 52.9 Å². The van der Waals surface area contributed by atoms with E-state index in [0.29, 0.717) is 43.9 Å². The lowest BCUT2D eigenvalue weighted by Gasteiger charge is -2.37. The van der Waals surface area contributed by atoms with E-state index >= 15 is 0 Å². The first-order valence-corrected chi connectivity index (χ1v) is 12.0. The van der Waals surface area contributed by atoms with E-state index in [1.165, 1.54) is 15.8 Å². The number of anilines is 1. The van der Waals surface area contributed by atoms with Gasteiger partial charge in [-0.05, 0) is 30.7 Å². The van der Waals surface area contributed by atoms with Gasteiger partial charge in [-0.2, -0.15) is 10.4 Å². The van der Waals surface area contributed by atoms with Crippen LogP contribution in [0.4, 0.5) is 19.5 Å². The number of piperazine rings is 1. The molecule has 3 aromatic rings. The van der Waals surface area contributed by atoms with E-state index in [1.54, 1.807) is 24.1 Å². The summed E-state index contributed by atoms with van der Waals surface area (Å²) in [6, 6.07) is 5.05. The summed E-state index contributed by atoms with van der Waals surface area (Å²) in [4.78, 5) is 36.4. The van der Waals surface area contributed by atoms with Crippen molar-refractivity contribution in [1.82, 2.24) is 34.9 Å². The van der Waals surface area contributed by atoms with Crippen molar-refractivity contribution < 1.29 is 18.4 Å². The lowest BCUT2D eigenvalue weighted by molar-refractivity contribution is -0.118. The van der Waals surface area contributed by atoms with Gasteiger partial charge in [0.15, 0.2) is 5.82 Å². The molecule has 0 bridgehead atoms. The number of carbonyl (C=O) groups is 2. The molecular weight excluding hydrogens is 512 g/mol. The third kappa shape index (κ3) is 5.08. The number of rotatable bonds is 5. The van der Waals surface area contributed by atoms with Crippen molar-refractivity contribution in [2.45, 2.75) is 25.9 Å². The summed E-state index contributed by atoms with van der Waals surface area (Å²) in [6.45, 7) is 2.79. The van der Waals surface area contributed by atoms with Crippen LogP contribution in [0.5, 0.6) is 0 Å². The summed E-state index contributed by atoms with van der Waals surface area (Å²) in [5, 5.41) is 22.5. The van der Waals surface area contributed by atoms with Crippen LogP contribution in [0.1, 0.15) is 29.3 Å². The SMILES string of the molecule is Cc1c(-c2nc(N3CCN(C(=O)N4N=CC[C@H]4c4cc(F)cc(C#N)c4)CC3)ncc2F)nnn1CC(N)=O. The van der Waals surface area contributed by atoms with Crippen molar-refractivity contribution >= 4 is 24.1 Å². The van der Waals surface area contributed by atoms with Gasteiger partial charge in [-0.1, -0.05) is 5.21 Å². The van der Waals surface area contributed by atoms with Crippen LogP contribution in [-0.2, 0) is 11.3 Å². The largest absolute Gasteiger partial charge is 0.368 e. The number of nitrogens with zero attached hydrogens (tertiary/aromatic N) is 10. The maximum atomic E-state index is 14.6. The quantitative estimate of drug-likeness (QED) is 0.512. The molecule has 2 N–H and O–H groups in total. The highest BCUT2D eigenvalue weighted by Gasteiger charge is 2.34. The summed E-state index contributed by atoms with van der Waals surface area (Å²) in [5.41, 5.74) is 6.41. The van der Waals surface area contributed by atoms with Crippen LogP contribution < -0.4 is 10.6 Å². The number of primary amides is 1. The predicted molar refractivity (Wildman–Crippen MR) is 133 cm³/mol. The second kappa shape index (κ2) is 10.4. The van der Waals surface area contributed by atoms with Crippen LogP contribution in [0.25, 0.3) is 11.4 Å². The zero-order valence-corrected chi connectivity index (χ0v) is 20.8. The summed E-state index contributed by atoms with van der Waals surface area (Å²) in [6.07, 6.45) is 3.03. The Kier molecular flexibility index (Phi) is 6.84. The van der Waals surface area contributed by atoms with Gasteiger partial charge in [0.1, 0.15) is 23.7 Å². The number of amides is 3. The molecule has 2 aliphatic heterocycles. The molecule has 1 fully saturated rings. The van der Waals surface area contributed by atoms with Crippen LogP contribution >= 0.6 is 0 Å². The number of nitriles is 1. The molecule has 0 saturated carbocycles. The number of carbonyl (C=O) groups excluding carboxylic acids is 2. The topological polar surface area (TPSA) is 163 Å². The summed E-state index contributed by atoms with van der Waals surface area (Å²) in [7, 11) is 0. The van der Waals surface area contributed by atoms with Gasteiger partial charge in [-0.25, -0.2) is 33.2 Å². The molecular formula is C24H23F2N11O2. The normalized spacial score (nSPS) is 17.0. The van der Waals surface area contributed by atoms with E-state index in [1.807, 2.05) is 11.0 Å². The van der Waals surface area contributed by atoms with Gasteiger partial charge in [-0.3, -0.25) is 4.79 Å². The second-order valence-corrected chi connectivity index (χ2v) is 9.05. The minimum atomic E-state index is -0.698. The van der Waals surface area contributed by atoms with Crippen LogP contribution in [-0.4, -0.2) is 79.2 Å². The zero-order chi connectivity index (χ0) is 27.7. The second-order valence-electron chi connectivity index (χ2n) is 9.05. The molecule has 3 amide bonds. The Balaban J connectivity index is 1.28. The molecule has 1 aromatic carbocycles. The van der Waals surface area contributed by atoms with Crippen LogP contribution in [0, 0.1) is 29.9 Å². The molecule has 15 heteroatoms. The van der Waals surface area contributed by atoms with Gasteiger partial charge >= 0.3 is 6.03 Å². The number of hydrazone groups is 1. The Hall–Kier alpha value is -5.00. The number of aromatic nitrogens is 5. The molecule has 2 aromatic heterocycles. The van der Waals surface area contributed by atoms with Crippen LogP contribution in [0.2, 0.25) is 0 Å². The first-order chi connectivity index (χ1) is 18.7. The fraction of sp³-hybridized carbons (Fsp3) is 0.333. The first kappa shape index (κ1) is 25.6. The van der Waals surface area contributed by atoms with Gasteiger partial charge in [0.25, 0.3) is 0 Å². The standard InChI is InChI=1S/C24H23F2N11O2/c1-14-21(32-33-36(14)13-20(28)38)22-18(26)12-29-23(31-22)34-4-6-35(7-5-34)24(39)37-19(2-3-30-37)16-8-15(11-27)9-17(25)10-16/h3,8-10,12,19H,2,4-7,13H2,1H3,(H2,28,38)/t19-/m0/s1. The fourth-order valence-electron chi connectivity index (χ4n) is 4.54. The molecule has 0 spiro atoms. The van der Waals surface area contributed by atoms with Crippen molar-refractivity contribution in [1.29, 1.82) is 5.26 Å². The molecule has 0 unspecified atom stereocenters. The van der Waals surface area contributed by atoms with Gasteiger partial charge in [0.2, 0.25) is 11.9 Å². The third-order valence-corrected chi connectivity index (χ3v) is 6.54. The van der Waals surface area contributed by atoms with Crippen molar-refractivity contribution in [2.24, 2.45) is 10.8 Å². The number of benzene rings is 1. The lowest BCUT2D eigenvalue weighted by Crippen LogP contribution is -2.52. The van der Waals surface area contributed by atoms with Gasteiger partial charge in [0.05, 0.1) is 29.6 Å². The Morgan fingerprint density at radius 3 is 2.64 bits per heavy atom. The molecule has 39 heavy (non-hydrogen) atoms. The molecule has 200 valence electrons. The summed E-state index contributed by atoms with van der Waals surface area (Å²) < 4.78 is 29.9. The number of urea groups is 1. The Morgan fingerprint density at radius 2 is 1.92 bits per heavy atom. The Morgan fingerprint density at radius 1 is 1.15 bits per heavy atom. The van der Waals surface area contributed by atoms with E-state index in [9.17, 15) is 23.6 Å². The van der Waals surface area contributed by atoms with Crippen LogP contribution in [0.3, 0.4) is 0 Å². The smallest absolute Gasteiger partial charge is 0.341 e. The number of nitrogens with two attached hydrogens (primary N) is 1. The monoisotopic (exact) mass is 535 g/mol. The van der Waals surface area contributed by atoms with E-state index in [0.717, 1.165) is 12.3 Å². The summed E-state index contributed by atoms with van der Waals surface area (Å²) >= 11 is 0. The highest BCUT2D eigenvalue weighted by molar-refractivity contribution is 5.79. The molecule has 0 radical (unpaired) electrons.